The molecule has 0 aliphatic heterocycles. The van der Waals surface area contributed by atoms with Gasteiger partial charge in [-0.3, -0.25) is 9.59 Å². The molecule has 0 bridgehead atoms. The summed E-state index contributed by atoms with van der Waals surface area (Å²) in [5.74, 6) is -0.491. The van der Waals surface area contributed by atoms with Crippen molar-refractivity contribution in [2.24, 2.45) is 12.8 Å². The lowest BCUT2D eigenvalue weighted by Crippen LogP contribution is -2.25. The van der Waals surface area contributed by atoms with Gasteiger partial charge in [-0.2, -0.15) is 5.26 Å². The van der Waals surface area contributed by atoms with Crippen molar-refractivity contribution in [3.63, 3.8) is 0 Å². The van der Waals surface area contributed by atoms with Crippen LogP contribution in [0.25, 0.3) is 22.4 Å². The summed E-state index contributed by atoms with van der Waals surface area (Å²) in [6.07, 6.45) is -0.0980. The van der Waals surface area contributed by atoms with Crippen LogP contribution in [0.15, 0.2) is 66.9 Å². The molecular formula is C31H29ClN6O6. The monoisotopic (exact) mass is 616 g/mol. The van der Waals surface area contributed by atoms with E-state index in [9.17, 15) is 19.6 Å². The molecule has 0 radical (unpaired) electrons. The van der Waals surface area contributed by atoms with Gasteiger partial charge < -0.3 is 35.1 Å². The Morgan fingerprint density at radius 1 is 1.09 bits per heavy atom. The molecular weight excluding hydrogens is 588 g/mol. The van der Waals surface area contributed by atoms with E-state index in [-0.39, 0.29) is 24.6 Å². The molecule has 1 atom stereocenters. The number of aromatic nitrogens is 2. The van der Waals surface area contributed by atoms with Gasteiger partial charge in [-0.15, -0.1) is 0 Å². The fraction of sp³-hybridized carbons (Fsp3) is 0.194. The van der Waals surface area contributed by atoms with Crippen LogP contribution in [0.3, 0.4) is 0 Å². The second-order valence-electron chi connectivity index (χ2n) is 9.62. The van der Waals surface area contributed by atoms with E-state index in [2.05, 4.69) is 21.7 Å². The van der Waals surface area contributed by atoms with Crippen LogP contribution < -0.4 is 21.1 Å². The number of nitrogens with one attached hydrogen (secondary N) is 2. The maximum Gasteiger partial charge on any atom is 0.404 e. The summed E-state index contributed by atoms with van der Waals surface area (Å²) in [4.78, 5) is 41.5. The van der Waals surface area contributed by atoms with Gasteiger partial charge in [0.1, 0.15) is 29.2 Å². The van der Waals surface area contributed by atoms with Gasteiger partial charge >= 0.3 is 6.09 Å². The van der Waals surface area contributed by atoms with Gasteiger partial charge in [-0.05, 0) is 61.0 Å². The summed E-state index contributed by atoms with van der Waals surface area (Å²) in [5, 5.41) is 16.2. The summed E-state index contributed by atoms with van der Waals surface area (Å²) < 4.78 is 17.3. The molecule has 0 saturated carbocycles. The molecule has 0 aliphatic carbocycles. The number of hydrogen-bond acceptors (Lipinski definition) is 8. The number of carbonyl (C=O) groups is 3. The zero-order valence-corrected chi connectivity index (χ0v) is 24.8. The highest BCUT2D eigenvalue weighted by atomic mass is 35.5. The predicted octanol–water partition coefficient (Wildman–Crippen LogP) is 5.33. The summed E-state index contributed by atoms with van der Waals surface area (Å²) >= 11 is 6.24. The molecule has 0 fully saturated rings. The Bertz CT molecular complexity index is 1750. The lowest BCUT2D eigenvalue weighted by atomic mass is 9.97. The van der Waals surface area contributed by atoms with Gasteiger partial charge in [-0.1, -0.05) is 23.7 Å². The number of carbonyl (C=O) groups excluding carboxylic acids is 3. The Morgan fingerprint density at radius 2 is 1.89 bits per heavy atom. The van der Waals surface area contributed by atoms with E-state index < -0.39 is 24.0 Å². The molecule has 44 heavy (non-hydrogen) atoms. The quantitative estimate of drug-likeness (QED) is 0.190. The zero-order chi connectivity index (χ0) is 31.8. The molecule has 2 aromatic heterocycles. The zero-order valence-electron chi connectivity index (χ0n) is 24.1. The number of ether oxygens (including phenoxy) is 3. The highest BCUT2D eigenvalue weighted by Gasteiger charge is 2.21. The van der Waals surface area contributed by atoms with E-state index in [0.717, 1.165) is 0 Å². The average Bonchev–Trinajstić information content (AvgIpc) is 3.41. The van der Waals surface area contributed by atoms with Gasteiger partial charge in [0.25, 0.3) is 5.91 Å². The summed E-state index contributed by atoms with van der Waals surface area (Å²) in [6.45, 7) is 1.49. The second-order valence-corrected chi connectivity index (χ2v) is 10.1. The molecule has 226 valence electrons. The van der Waals surface area contributed by atoms with Crippen LogP contribution in [0.1, 0.15) is 29.4 Å². The number of pyridine rings is 1. The van der Waals surface area contributed by atoms with Crippen LogP contribution >= 0.6 is 11.6 Å². The maximum atomic E-state index is 13.2. The first-order chi connectivity index (χ1) is 21.1. The number of nitrogens with zero attached hydrogens (tertiary/aromatic N) is 3. The van der Waals surface area contributed by atoms with Crippen molar-refractivity contribution in [2.75, 3.05) is 24.5 Å². The number of nitriles is 1. The first-order valence-electron chi connectivity index (χ1n) is 13.3. The van der Waals surface area contributed by atoms with Crippen molar-refractivity contribution in [2.45, 2.75) is 19.4 Å². The van der Waals surface area contributed by atoms with Gasteiger partial charge in [0.15, 0.2) is 12.6 Å². The average molecular weight is 617 g/mol. The smallest absolute Gasteiger partial charge is 0.404 e. The maximum absolute atomic E-state index is 13.2. The Hall–Kier alpha value is -5.38. The van der Waals surface area contributed by atoms with Crippen LogP contribution in [0.5, 0.6) is 5.75 Å². The van der Waals surface area contributed by atoms with E-state index >= 15 is 0 Å². The molecule has 12 nitrogen and oxygen atoms in total. The second kappa shape index (κ2) is 14.2. The Morgan fingerprint density at radius 3 is 2.57 bits per heavy atom. The van der Waals surface area contributed by atoms with E-state index in [1.165, 1.54) is 7.11 Å². The minimum atomic E-state index is -0.976. The van der Waals surface area contributed by atoms with E-state index in [4.69, 9.17) is 31.5 Å². The molecule has 3 amide bonds. The number of aryl methyl sites for hydroxylation is 1. The normalized spacial score (nSPS) is 11.2. The predicted molar refractivity (Wildman–Crippen MR) is 164 cm³/mol. The molecule has 0 aliphatic rings. The van der Waals surface area contributed by atoms with Crippen molar-refractivity contribution in [3.05, 3.63) is 83.1 Å². The van der Waals surface area contributed by atoms with Gasteiger partial charge in [0.05, 0.1) is 12.1 Å². The number of benzene rings is 2. The molecule has 0 saturated heterocycles. The number of halogens is 1. The van der Waals surface area contributed by atoms with E-state index in [0.29, 0.717) is 44.5 Å². The van der Waals surface area contributed by atoms with Gasteiger partial charge in [-0.25, -0.2) is 9.78 Å². The Kier molecular flexibility index (Phi) is 10.2. The summed E-state index contributed by atoms with van der Waals surface area (Å²) in [6, 6.07) is 19.0. The topological polar surface area (TPSA) is 171 Å². The molecule has 4 aromatic rings. The highest BCUT2D eigenvalue weighted by molar-refractivity contribution is 6.30. The summed E-state index contributed by atoms with van der Waals surface area (Å²) in [7, 11) is 3.21. The third-order valence-electron chi connectivity index (χ3n) is 6.34. The third kappa shape index (κ3) is 7.71. The minimum Gasteiger partial charge on any atom is -0.467 e. The molecule has 0 spiro atoms. The Balaban J connectivity index is 1.81. The third-order valence-corrected chi connectivity index (χ3v) is 6.57. The fourth-order valence-corrected chi connectivity index (χ4v) is 4.57. The van der Waals surface area contributed by atoms with E-state index in [1.54, 1.807) is 85.4 Å². The van der Waals surface area contributed by atoms with Crippen LogP contribution in [-0.2, 0) is 21.3 Å². The molecule has 4 N–H and O–H groups in total. The number of anilines is 2. The van der Waals surface area contributed by atoms with Crippen LogP contribution in [0, 0.1) is 11.3 Å². The number of hydrogen-bond donors (Lipinski definition) is 3. The molecule has 2 heterocycles. The standard InChI is InChI=1S/C31H29ClN6O6/c1-18(44-31(34)41)12-28(39)35-21-7-4-6-19(13-21)23-15-25(22-10-9-20(32)14-27(22)43-17-42-3)36-29(24(23)16-33)37-30(40)26-8-5-11-38(26)2/h4-11,13-15,18H,12,17H2,1-3H3,(H2,34,41)(H,35,39)(H,36,37,40). The molecule has 2 aromatic carbocycles. The molecule has 1 unspecified atom stereocenters. The van der Waals surface area contributed by atoms with Crippen LogP contribution in [-0.4, -0.2) is 47.5 Å². The number of methoxy groups -OCH3 is 1. The number of primary amides is 1. The number of amides is 3. The highest BCUT2D eigenvalue weighted by Crippen LogP contribution is 2.38. The first kappa shape index (κ1) is 31.6. The molecule has 13 heteroatoms. The van der Waals surface area contributed by atoms with Crippen molar-refractivity contribution in [1.82, 2.24) is 9.55 Å². The van der Waals surface area contributed by atoms with Gasteiger partial charge in [0, 0.05) is 42.2 Å². The number of rotatable bonds is 11. The number of nitrogens with two attached hydrogens (primary N) is 1. The molecule has 4 rings (SSSR count). The van der Waals surface area contributed by atoms with Crippen LogP contribution in [0.4, 0.5) is 16.3 Å². The van der Waals surface area contributed by atoms with Gasteiger partial charge in [0.2, 0.25) is 5.91 Å². The van der Waals surface area contributed by atoms with Crippen molar-refractivity contribution in [1.29, 1.82) is 5.26 Å². The lowest BCUT2D eigenvalue weighted by molar-refractivity contribution is -0.117. The SMILES string of the molecule is COCOc1cc(Cl)ccc1-c1cc(-c2cccc(NC(=O)CC(C)OC(N)=O)c2)c(C#N)c(NC(=O)c2cccn2C)n1. The van der Waals surface area contributed by atoms with Crippen molar-refractivity contribution >= 4 is 41.0 Å². The van der Waals surface area contributed by atoms with E-state index in [1.807, 2.05) is 0 Å². The fourth-order valence-electron chi connectivity index (χ4n) is 4.41. The minimum absolute atomic E-state index is 0.0192. The van der Waals surface area contributed by atoms with Crippen molar-refractivity contribution < 1.29 is 28.6 Å². The summed E-state index contributed by atoms with van der Waals surface area (Å²) in [5.41, 5.74) is 7.78. The van der Waals surface area contributed by atoms with Crippen molar-refractivity contribution in [3.8, 4) is 34.2 Å². The Labute approximate surface area is 258 Å². The van der Waals surface area contributed by atoms with Crippen LogP contribution in [0.2, 0.25) is 5.02 Å². The first-order valence-corrected chi connectivity index (χ1v) is 13.6. The lowest BCUT2D eigenvalue weighted by Gasteiger charge is -2.17. The largest absolute Gasteiger partial charge is 0.467 e.